The summed E-state index contributed by atoms with van der Waals surface area (Å²) in [7, 11) is 0. The van der Waals surface area contributed by atoms with Crippen LogP contribution < -0.4 is 5.73 Å². The lowest BCUT2D eigenvalue weighted by atomic mass is 9.99. The molecule has 21 heavy (non-hydrogen) atoms. The highest BCUT2D eigenvalue weighted by Gasteiger charge is 2.29. The zero-order valence-electron chi connectivity index (χ0n) is 11.2. The summed E-state index contributed by atoms with van der Waals surface area (Å²) in [6.07, 6.45) is -3.74. The van der Waals surface area contributed by atoms with E-state index >= 15 is 0 Å². The number of hydrogen-bond acceptors (Lipinski definition) is 5. The summed E-state index contributed by atoms with van der Waals surface area (Å²) in [5, 5.41) is 30.3. The number of rotatable bonds is 6. The Hall–Kier alpha value is -1.44. The number of para-hydroxylation sites is 1. The average molecular weight is 315 g/mol. The number of benzene rings is 1. The van der Waals surface area contributed by atoms with Crippen LogP contribution in [0.5, 0.6) is 0 Å². The molecular formula is C14H19ClN2O4. The average Bonchev–Trinajstić information content (AvgIpc) is 2.86. The van der Waals surface area contributed by atoms with Crippen LogP contribution in [0, 0.1) is 0 Å². The van der Waals surface area contributed by atoms with E-state index in [1.165, 1.54) is 0 Å². The Labute approximate surface area is 128 Å². The number of nitrogens with one attached hydrogen (secondary N) is 1. The minimum atomic E-state index is -1.49. The summed E-state index contributed by atoms with van der Waals surface area (Å²) in [6, 6.07) is 8.26. The molecule has 1 heterocycles. The molecule has 6 nitrogen and oxygen atoms in total. The number of carbonyl (C=O) groups is 1. The van der Waals surface area contributed by atoms with Gasteiger partial charge in [-0.2, -0.15) is 0 Å². The van der Waals surface area contributed by atoms with Gasteiger partial charge in [0.05, 0.1) is 12.1 Å². The Bertz CT molecular complexity index is 556. The highest BCUT2D eigenvalue weighted by atomic mass is 35.5. The van der Waals surface area contributed by atoms with E-state index in [0.29, 0.717) is 6.29 Å². The van der Waals surface area contributed by atoms with Gasteiger partial charge in [-0.05, 0) is 17.5 Å². The molecule has 0 saturated carbocycles. The van der Waals surface area contributed by atoms with Crippen LogP contribution in [-0.2, 0) is 11.2 Å². The van der Waals surface area contributed by atoms with E-state index in [9.17, 15) is 20.1 Å². The maximum atomic E-state index is 10.5. The van der Waals surface area contributed by atoms with E-state index in [0.717, 1.165) is 16.6 Å². The van der Waals surface area contributed by atoms with Crippen LogP contribution in [0.15, 0.2) is 30.3 Å². The van der Waals surface area contributed by atoms with Crippen LogP contribution in [0.2, 0.25) is 0 Å². The summed E-state index contributed by atoms with van der Waals surface area (Å²) in [5.41, 5.74) is 6.96. The van der Waals surface area contributed by atoms with Gasteiger partial charge in [0.2, 0.25) is 0 Å². The van der Waals surface area contributed by atoms with E-state index in [4.69, 9.17) is 5.73 Å². The Kier molecular flexibility index (Phi) is 6.32. The van der Waals surface area contributed by atoms with Gasteiger partial charge in [-0.15, -0.1) is 12.4 Å². The molecule has 6 N–H and O–H groups in total. The molecule has 0 radical (unpaired) electrons. The van der Waals surface area contributed by atoms with Gasteiger partial charge in [0.15, 0.2) is 0 Å². The molecule has 0 unspecified atom stereocenters. The number of fused-ring (bicyclic) bond motifs is 1. The normalized spacial score (nSPS) is 16.8. The lowest BCUT2D eigenvalue weighted by Gasteiger charge is -2.24. The fourth-order valence-electron chi connectivity index (χ4n) is 2.13. The summed E-state index contributed by atoms with van der Waals surface area (Å²) in [6.45, 7) is 0. The number of aliphatic hydroxyl groups excluding tert-OH is 3. The van der Waals surface area contributed by atoms with Gasteiger partial charge in [-0.1, -0.05) is 18.2 Å². The number of aldehydes is 1. The number of aliphatic hydroxyl groups is 3. The summed E-state index contributed by atoms with van der Waals surface area (Å²) < 4.78 is 0. The molecule has 0 aliphatic rings. The molecule has 4 atom stereocenters. The van der Waals surface area contributed by atoms with Crippen molar-refractivity contribution < 1.29 is 20.1 Å². The van der Waals surface area contributed by atoms with E-state index < -0.39 is 24.4 Å². The van der Waals surface area contributed by atoms with Crippen molar-refractivity contribution in [2.24, 2.45) is 5.73 Å². The third-order valence-corrected chi connectivity index (χ3v) is 3.31. The van der Waals surface area contributed by atoms with Crippen LogP contribution in [0.25, 0.3) is 10.9 Å². The predicted octanol–water partition coefficient (Wildman–Crippen LogP) is -0.259. The summed E-state index contributed by atoms with van der Waals surface area (Å²) in [5.74, 6) is 0. The van der Waals surface area contributed by atoms with Crippen molar-refractivity contribution in [2.75, 3.05) is 0 Å². The van der Waals surface area contributed by atoms with Gasteiger partial charge in [0.25, 0.3) is 0 Å². The number of carbonyl (C=O) groups excluding carboxylic acids is 1. The topological polar surface area (TPSA) is 120 Å². The molecule has 0 spiro atoms. The van der Waals surface area contributed by atoms with Crippen molar-refractivity contribution >= 4 is 29.6 Å². The van der Waals surface area contributed by atoms with E-state index in [1.54, 1.807) is 0 Å². The minimum absolute atomic E-state index is 0. The van der Waals surface area contributed by atoms with Crippen molar-refractivity contribution in [3.63, 3.8) is 0 Å². The Morgan fingerprint density at radius 1 is 1.19 bits per heavy atom. The number of aromatic amines is 1. The van der Waals surface area contributed by atoms with Crippen LogP contribution in [0.4, 0.5) is 0 Å². The molecule has 1 aromatic carbocycles. The Morgan fingerprint density at radius 2 is 1.86 bits per heavy atom. The number of halogens is 1. The van der Waals surface area contributed by atoms with Crippen molar-refractivity contribution in [2.45, 2.75) is 30.8 Å². The third kappa shape index (κ3) is 4.03. The zero-order chi connectivity index (χ0) is 14.7. The maximum absolute atomic E-state index is 10.5. The molecule has 0 amide bonds. The maximum Gasteiger partial charge on any atom is 0.139 e. The first-order valence-corrected chi connectivity index (χ1v) is 6.34. The first-order chi connectivity index (χ1) is 9.52. The highest BCUT2D eigenvalue weighted by molar-refractivity contribution is 5.85. The van der Waals surface area contributed by atoms with Gasteiger partial charge in [0.1, 0.15) is 18.5 Å². The minimum Gasteiger partial charge on any atom is -0.390 e. The monoisotopic (exact) mass is 314 g/mol. The SMILES string of the molecule is Cl.N[C@@H](C=O)[C@@H](O)[C@H](O)[C@H](O)Cc1cc2ccccc2[nH]1. The van der Waals surface area contributed by atoms with Crippen LogP contribution in [0.1, 0.15) is 5.69 Å². The number of hydrogen-bond donors (Lipinski definition) is 5. The van der Waals surface area contributed by atoms with Gasteiger partial charge < -0.3 is 30.8 Å². The molecule has 0 saturated heterocycles. The fourth-order valence-corrected chi connectivity index (χ4v) is 2.13. The lowest BCUT2D eigenvalue weighted by molar-refractivity contribution is -0.116. The molecule has 0 bridgehead atoms. The third-order valence-electron chi connectivity index (χ3n) is 3.31. The number of aromatic nitrogens is 1. The van der Waals surface area contributed by atoms with Gasteiger partial charge in [-0.3, -0.25) is 0 Å². The van der Waals surface area contributed by atoms with Crippen molar-refractivity contribution in [1.29, 1.82) is 0 Å². The van der Waals surface area contributed by atoms with Crippen molar-refractivity contribution in [3.05, 3.63) is 36.0 Å². The molecule has 2 rings (SSSR count). The molecular weight excluding hydrogens is 296 g/mol. The standard InChI is InChI=1S/C14H18N2O4.ClH/c15-10(7-17)13(19)14(20)12(18)6-9-5-8-3-1-2-4-11(8)16-9;/h1-5,7,10,12-14,16,18-20H,6,15H2;1H/t10-,12+,13+,14+;/m0./s1. The first-order valence-electron chi connectivity index (χ1n) is 6.34. The zero-order valence-corrected chi connectivity index (χ0v) is 12.0. The molecule has 116 valence electrons. The van der Waals surface area contributed by atoms with E-state index in [1.807, 2.05) is 30.3 Å². The number of nitrogens with two attached hydrogens (primary N) is 1. The van der Waals surface area contributed by atoms with Gasteiger partial charge in [0, 0.05) is 17.6 Å². The highest BCUT2D eigenvalue weighted by Crippen LogP contribution is 2.17. The lowest BCUT2D eigenvalue weighted by Crippen LogP contribution is -2.49. The van der Waals surface area contributed by atoms with E-state index in [2.05, 4.69) is 4.98 Å². The second kappa shape index (κ2) is 7.53. The second-order valence-electron chi connectivity index (χ2n) is 4.85. The molecule has 0 aliphatic carbocycles. The largest absolute Gasteiger partial charge is 0.390 e. The first kappa shape index (κ1) is 17.6. The van der Waals surface area contributed by atoms with Gasteiger partial charge in [-0.25, -0.2) is 0 Å². The summed E-state index contributed by atoms with van der Waals surface area (Å²) in [4.78, 5) is 13.6. The molecule has 0 fully saturated rings. The van der Waals surface area contributed by atoms with Crippen molar-refractivity contribution in [3.8, 4) is 0 Å². The fraction of sp³-hybridized carbons (Fsp3) is 0.357. The molecule has 1 aromatic heterocycles. The smallest absolute Gasteiger partial charge is 0.139 e. The molecule has 0 aliphatic heterocycles. The number of H-pyrrole nitrogens is 1. The summed E-state index contributed by atoms with van der Waals surface area (Å²) >= 11 is 0. The van der Waals surface area contributed by atoms with Crippen LogP contribution in [-0.4, -0.2) is 50.9 Å². The van der Waals surface area contributed by atoms with Crippen LogP contribution in [0.3, 0.4) is 0 Å². The van der Waals surface area contributed by atoms with Gasteiger partial charge >= 0.3 is 0 Å². The quantitative estimate of drug-likeness (QED) is 0.471. The Morgan fingerprint density at radius 3 is 2.48 bits per heavy atom. The second-order valence-corrected chi connectivity index (χ2v) is 4.85. The van der Waals surface area contributed by atoms with Crippen molar-refractivity contribution in [1.82, 2.24) is 4.98 Å². The van der Waals surface area contributed by atoms with Crippen LogP contribution >= 0.6 is 12.4 Å². The molecule has 7 heteroatoms. The predicted molar refractivity (Wildman–Crippen MR) is 81.3 cm³/mol. The Balaban J connectivity index is 0.00000220. The molecule has 2 aromatic rings. The van der Waals surface area contributed by atoms with E-state index in [-0.39, 0.29) is 18.8 Å².